The number of aliphatic hydroxyl groups excluding tert-OH is 1. The van der Waals surface area contributed by atoms with E-state index < -0.39 is 0 Å². The molecule has 5 aromatic rings. The number of hydrogen-bond acceptors (Lipinski definition) is 4. The van der Waals surface area contributed by atoms with Crippen LogP contribution in [-0.2, 0) is 6.42 Å². The number of benzene rings is 1. The molecule has 0 amide bonds. The summed E-state index contributed by atoms with van der Waals surface area (Å²) in [5.74, 6) is -0.462. The molecule has 5 rings (SSSR count). The molecule has 0 aliphatic heterocycles. The number of pyridine rings is 2. The minimum absolute atomic E-state index is 0.0167. The Balaban J connectivity index is 1.50. The Morgan fingerprint density at radius 2 is 2.03 bits per heavy atom. The van der Waals surface area contributed by atoms with Crippen LogP contribution in [-0.4, -0.2) is 37.6 Å². The Morgan fingerprint density at radius 3 is 2.88 bits per heavy atom. The molecule has 1 unspecified atom stereocenters. The largest absolute Gasteiger partial charge is 0.396 e. The van der Waals surface area contributed by atoms with Crippen molar-refractivity contribution in [1.29, 1.82) is 0 Å². The molecule has 0 saturated heterocycles. The van der Waals surface area contributed by atoms with Crippen LogP contribution in [0.3, 0.4) is 0 Å². The van der Waals surface area contributed by atoms with E-state index in [1.54, 1.807) is 12.4 Å². The molecule has 162 valence electrons. The zero-order valence-corrected chi connectivity index (χ0v) is 17.7. The molecule has 4 aromatic heterocycles. The molecule has 32 heavy (non-hydrogen) atoms. The van der Waals surface area contributed by atoms with Gasteiger partial charge in [-0.25, -0.2) is 9.37 Å². The molecular weight excluding hydrogens is 405 g/mol. The van der Waals surface area contributed by atoms with Crippen LogP contribution in [0.15, 0.2) is 67.4 Å². The number of aliphatic hydroxyl groups is 1. The lowest BCUT2D eigenvalue weighted by Gasteiger charge is -2.14. The second-order valence-electron chi connectivity index (χ2n) is 8.03. The summed E-state index contributed by atoms with van der Waals surface area (Å²) in [6.07, 6.45) is 9.43. The van der Waals surface area contributed by atoms with Crippen molar-refractivity contribution in [2.45, 2.75) is 19.3 Å². The predicted molar refractivity (Wildman–Crippen MR) is 124 cm³/mol. The van der Waals surface area contributed by atoms with Crippen molar-refractivity contribution in [3.05, 3.63) is 84.5 Å². The minimum Gasteiger partial charge on any atom is -0.396 e. The van der Waals surface area contributed by atoms with Gasteiger partial charge < -0.3 is 19.8 Å². The van der Waals surface area contributed by atoms with Crippen LogP contribution in [0, 0.1) is 5.82 Å². The Labute approximate surface area is 184 Å². The number of imidazole rings is 1. The number of aromatic amines is 1. The van der Waals surface area contributed by atoms with Gasteiger partial charge in [-0.1, -0.05) is 25.1 Å². The SMILES string of the molecule is CC(CO)c1cnc2c(NCCc3c[nH]c4ccccc34)cc(-c3cncc(F)c3)cn12. The van der Waals surface area contributed by atoms with Gasteiger partial charge in [0.2, 0.25) is 0 Å². The summed E-state index contributed by atoms with van der Waals surface area (Å²) in [5.41, 5.74) is 6.39. The first kappa shape index (κ1) is 20.2. The van der Waals surface area contributed by atoms with E-state index in [1.807, 2.05) is 41.9 Å². The van der Waals surface area contributed by atoms with Gasteiger partial charge in [-0.2, -0.15) is 0 Å². The number of aromatic nitrogens is 4. The van der Waals surface area contributed by atoms with Gasteiger partial charge in [0, 0.05) is 65.0 Å². The monoisotopic (exact) mass is 429 g/mol. The maximum absolute atomic E-state index is 13.8. The van der Waals surface area contributed by atoms with Crippen LogP contribution in [0.5, 0.6) is 0 Å². The zero-order valence-electron chi connectivity index (χ0n) is 17.7. The number of anilines is 1. The topological polar surface area (TPSA) is 78.2 Å². The van der Waals surface area contributed by atoms with Gasteiger partial charge in [0.05, 0.1) is 18.5 Å². The number of nitrogens with zero attached hydrogens (tertiary/aromatic N) is 3. The number of hydrogen-bond donors (Lipinski definition) is 3. The molecule has 1 atom stereocenters. The van der Waals surface area contributed by atoms with Gasteiger partial charge in [-0.15, -0.1) is 0 Å². The van der Waals surface area contributed by atoms with Crippen molar-refractivity contribution in [3.8, 4) is 11.1 Å². The lowest BCUT2D eigenvalue weighted by molar-refractivity contribution is 0.270. The third-order valence-corrected chi connectivity index (χ3v) is 5.84. The normalized spacial score (nSPS) is 12.5. The standard InChI is InChI=1S/C25H24FN5O/c1-16(15-32)24-13-30-25-23(9-19(14-31(24)25)18-8-20(26)12-27-10-18)28-7-6-17-11-29-22-5-3-2-4-21(17)22/h2-5,8-14,16,28-29,32H,6-7,15H2,1H3. The highest BCUT2D eigenvalue weighted by molar-refractivity contribution is 5.83. The van der Waals surface area contributed by atoms with E-state index in [1.165, 1.54) is 23.2 Å². The second-order valence-corrected chi connectivity index (χ2v) is 8.03. The minimum atomic E-state index is -0.383. The van der Waals surface area contributed by atoms with Crippen molar-refractivity contribution in [3.63, 3.8) is 0 Å². The first-order valence-corrected chi connectivity index (χ1v) is 10.7. The second kappa shape index (κ2) is 8.43. The summed E-state index contributed by atoms with van der Waals surface area (Å²) >= 11 is 0. The summed E-state index contributed by atoms with van der Waals surface area (Å²) < 4.78 is 15.8. The lowest BCUT2D eigenvalue weighted by Crippen LogP contribution is -2.08. The van der Waals surface area contributed by atoms with Gasteiger partial charge in [0.15, 0.2) is 5.65 Å². The third kappa shape index (κ3) is 3.71. The van der Waals surface area contributed by atoms with E-state index in [9.17, 15) is 9.50 Å². The van der Waals surface area contributed by atoms with Gasteiger partial charge in [-0.3, -0.25) is 4.98 Å². The molecular formula is C25H24FN5O. The highest BCUT2D eigenvalue weighted by Crippen LogP contribution is 2.29. The molecule has 7 heteroatoms. The summed E-state index contributed by atoms with van der Waals surface area (Å²) in [7, 11) is 0. The Kier molecular flexibility index (Phi) is 5.33. The lowest BCUT2D eigenvalue weighted by atomic mass is 10.1. The van der Waals surface area contributed by atoms with Crippen molar-refractivity contribution in [2.24, 2.45) is 0 Å². The number of para-hydroxylation sites is 1. The highest BCUT2D eigenvalue weighted by atomic mass is 19.1. The van der Waals surface area contributed by atoms with E-state index in [4.69, 9.17) is 0 Å². The van der Waals surface area contributed by atoms with Crippen LogP contribution in [0.4, 0.5) is 10.1 Å². The Bertz CT molecular complexity index is 1390. The van der Waals surface area contributed by atoms with Crippen LogP contribution in [0.25, 0.3) is 27.7 Å². The molecule has 1 aromatic carbocycles. The number of halogens is 1. The molecule has 0 bridgehead atoms. The average Bonchev–Trinajstić information content (AvgIpc) is 3.43. The number of rotatable bonds is 7. The Hall–Kier alpha value is -3.71. The number of nitrogens with one attached hydrogen (secondary N) is 2. The van der Waals surface area contributed by atoms with Crippen LogP contribution >= 0.6 is 0 Å². The van der Waals surface area contributed by atoms with E-state index in [2.05, 4.69) is 32.4 Å². The average molecular weight is 429 g/mol. The first-order valence-electron chi connectivity index (χ1n) is 10.7. The summed E-state index contributed by atoms with van der Waals surface area (Å²) in [6, 6.07) is 11.7. The highest BCUT2D eigenvalue weighted by Gasteiger charge is 2.15. The molecule has 0 aliphatic rings. The quantitative estimate of drug-likeness (QED) is 0.348. The van der Waals surface area contributed by atoms with Gasteiger partial charge in [0.1, 0.15) is 5.82 Å². The molecule has 0 saturated carbocycles. The summed E-state index contributed by atoms with van der Waals surface area (Å²) in [6.45, 7) is 2.67. The molecule has 3 N–H and O–H groups in total. The van der Waals surface area contributed by atoms with Gasteiger partial charge in [0.25, 0.3) is 0 Å². The fourth-order valence-corrected chi connectivity index (χ4v) is 4.09. The summed E-state index contributed by atoms with van der Waals surface area (Å²) in [4.78, 5) is 11.9. The smallest absolute Gasteiger partial charge is 0.160 e. The Morgan fingerprint density at radius 1 is 1.16 bits per heavy atom. The number of fused-ring (bicyclic) bond motifs is 2. The van der Waals surface area contributed by atoms with Crippen molar-refractivity contribution >= 4 is 22.2 Å². The van der Waals surface area contributed by atoms with Crippen molar-refractivity contribution in [2.75, 3.05) is 18.5 Å². The maximum atomic E-state index is 13.8. The number of H-pyrrole nitrogens is 1. The van der Waals surface area contributed by atoms with Crippen molar-refractivity contribution in [1.82, 2.24) is 19.4 Å². The molecule has 0 spiro atoms. The molecule has 0 fully saturated rings. The van der Waals surface area contributed by atoms with E-state index in [0.29, 0.717) is 12.1 Å². The van der Waals surface area contributed by atoms with E-state index in [0.717, 1.165) is 34.5 Å². The maximum Gasteiger partial charge on any atom is 0.160 e. The van der Waals surface area contributed by atoms with E-state index >= 15 is 0 Å². The fraction of sp³-hybridized carbons (Fsp3) is 0.200. The predicted octanol–water partition coefficient (Wildman–Crippen LogP) is 4.77. The van der Waals surface area contributed by atoms with Crippen LogP contribution in [0.2, 0.25) is 0 Å². The van der Waals surface area contributed by atoms with Crippen LogP contribution < -0.4 is 5.32 Å². The molecule has 4 heterocycles. The summed E-state index contributed by atoms with van der Waals surface area (Å²) in [5, 5.41) is 14.4. The fourth-order valence-electron chi connectivity index (χ4n) is 4.09. The van der Waals surface area contributed by atoms with Gasteiger partial charge >= 0.3 is 0 Å². The first-order chi connectivity index (χ1) is 15.6. The van der Waals surface area contributed by atoms with Crippen LogP contribution in [0.1, 0.15) is 24.1 Å². The molecule has 6 nitrogen and oxygen atoms in total. The molecule has 0 aliphatic carbocycles. The molecule has 0 radical (unpaired) electrons. The third-order valence-electron chi connectivity index (χ3n) is 5.84. The van der Waals surface area contributed by atoms with Crippen molar-refractivity contribution < 1.29 is 9.50 Å². The van der Waals surface area contributed by atoms with E-state index in [-0.39, 0.29) is 18.3 Å². The van der Waals surface area contributed by atoms with Gasteiger partial charge in [-0.05, 0) is 30.2 Å². The zero-order chi connectivity index (χ0) is 22.1.